The molecule has 22 heavy (non-hydrogen) atoms. The number of fused-ring (bicyclic) bond motifs is 1. The normalized spacial score (nSPS) is 16.5. The second kappa shape index (κ2) is 5.63. The zero-order valence-electron chi connectivity index (χ0n) is 12.4. The smallest absolute Gasteiger partial charge is 0.224 e. The number of hydrogen-bond donors (Lipinski definition) is 0. The van der Waals surface area contributed by atoms with Gasteiger partial charge >= 0.3 is 0 Å². The van der Waals surface area contributed by atoms with Crippen LogP contribution in [0.25, 0.3) is 21.6 Å². The molecule has 4 rings (SSSR count). The molecule has 3 heterocycles. The largest absolute Gasteiger partial charge is 0.321 e. The van der Waals surface area contributed by atoms with E-state index in [4.69, 9.17) is 11.6 Å². The fourth-order valence-corrected chi connectivity index (χ4v) is 4.29. The molecule has 114 valence electrons. The van der Waals surface area contributed by atoms with Crippen LogP contribution in [0.15, 0.2) is 18.5 Å². The Labute approximate surface area is 138 Å². The van der Waals surface area contributed by atoms with E-state index in [-0.39, 0.29) is 0 Å². The molecule has 1 saturated carbocycles. The molecule has 0 N–H and O–H groups in total. The van der Waals surface area contributed by atoms with E-state index in [1.54, 1.807) is 11.3 Å². The molecule has 3 aromatic heterocycles. The van der Waals surface area contributed by atoms with Crippen LogP contribution in [-0.4, -0.2) is 19.5 Å². The number of aromatic nitrogens is 4. The van der Waals surface area contributed by atoms with Crippen molar-refractivity contribution in [3.8, 4) is 10.6 Å². The molecule has 4 nitrogen and oxygen atoms in total. The van der Waals surface area contributed by atoms with Crippen LogP contribution in [0.3, 0.4) is 0 Å². The van der Waals surface area contributed by atoms with Gasteiger partial charge in [0.2, 0.25) is 5.28 Å². The molecule has 0 radical (unpaired) electrons. The predicted molar refractivity (Wildman–Crippen MR) is 90.5 cm³/mol. The second-order valence-corrected chi connectivity index (χ2v) is 7.43. The predicted octanol–water partition coefficient (Wildman–Crippen LogP) is 5.02. The molecule has 3 aromatic rings. The minimum absolute atomic E-state index is 0.315. The van der Waals surface area contributed by atoms with Crippen LogP contribution >= 0.6 is 22.9 Å². The summed E-state index contributed by atoms with van der Waals surface area (Å²) in [5.74, 6) is 0. The summed E-state index contributed by atoms with van der Waals surface area (Å²) in [5.41, 5.74) is 2.15. The number of aryl methyl sites for hydroxylation is 1. The van der Waals surface area contributed by atoms with Crippen molar-refractivity contribution in [2.24, 2.45) is 0 Å². The fraction of sp³-hybridized carbons (Fsp3) is 0.438. The van der Waals surface area contributed by atoms with E-state index >= 15 is 0 Å². The Morgan fingerprint density at radius 1 is 1.18 bits per heavy atom. The fourth-order valence-electron chi connectivity index (χ4n) is 3.37. The lowest BCUT2D eigenvalue weighted by atomic mass is 9.95. The summed E-state index contributed by atoms with van der Waals surface area (Å²) in [5, 5.41) is 2.45. The van der Waals surface area contributed by atoms with Crippen molar-refractivity contribution in [1.29, 1.82) is 0 Å². The third kappa shape index (κ3) is 2.42. The maximum Gasteiger partial charge on any atom is 0.224 e. The summed E-state index contributed by atoms with van der Waals surface area (Å²) < 4.78 is 2.37. The van der Waals surface area contributed by atoms with Crippen molar-refractivity contribution in [3.05, 3.63) is 28.8 Å². The highest BCUT2D eigenvalue weighted by atomic mass is 35.5. The first-order chi connectivity index (χ1) is 10.7. The van der Waals surface area contributed by atoms with Gasteiger partial charge in [0, 0.05) is 23.8 Å². The molecule has 0 aliphatic heterocycles. The minimum Gasteiger partial charge on any atom is -0.321 e. The summed E-state index contributed by atoms with van der Waals surface area (Å²) in [6, 6.07) is 2.67. The lowest BCUT2D eigenvalue weighted by molar-refractivity contribution is 0.362. The van der Waals surface area contributed by atoms with Crippen LogP contribution in [0.2, 0.25) is 5.28 Å². The minimum atomic E-state index is 0.315. The lowest BCUT2D eigenvalue weighted by Crippen LogP contribution is -2.14. The topological polar surface area (TPSA) is 43.6 Å². The third-order valence-electron chi connectivity index (χ3n) is 4.36. The first-order valence-electron chi connectivity index (χ1n) is 7.68. The van der Waals surface area contributed by atoms with Gasteiger partial charge in [0.25, 0.3) is 0 Å². The molecule has 1 aliphatic rings. The molecule has 6 heteroatoms. The molecule has 0 amide bonds. The Balaban J connectivity index is 1.94. The molecule has 0 saturated heterocycles. The zero-order valence-corrected chi connectivity index (χ0v) is 14.0. The molecule has 0 unspecified atom stereocenters. The number of halogens is 1. The Bertz CT molecular complexity index is 817. The Kier molecular flexibility index (Phi) is 3.62. The molecule has 1 fully saturated rings. The van der Waals surface area contributed by atoms with E-state index < -0.39 is 0 Å². The number of thiazole rings is 1. The highest BCUT2D eigenvalue weighted by Gasteiger charge is 2.23. The van der Waals surface area contributed by atoms with Gasteiger partial charge in [-0.05, 0) is 37.4 Å². The van der Waals surface area contributed by atoms with Crippen LogP contribution in [0.1, 0.15) is 43.2 Å². The maximum absolute atomic E-state index is 6.04. The summed E-state index contributed by atoms with van der Waals surface area (Å²) in [4.78, 5) is 14.2. The van der Waals surface area contributed by atoms with E-state index in [2.05, 4.69) is 25.6 Å². The van der Waals surface area contributed by atoms with Gasteiger partial charge in [0.15, 0.2) is 0 Å². The Morgan fingerprint density at radius 2 is 2.00 bits per heavy atom. The van der Waals surface area contributed by atoms with Crippen LogP contribution in [0.5, 0.6) is 0 Å². The highest BCUT2D eigenvalue weighted by Crippen LogP contribution is 2.38. The summed E-state index contributed by atoms with van der Waals surface area (Å²) >= 11 is 7.77. The van der Waals surface area contributed by atoms with Gasteiger partial charge in [0.05, 0.1) is 15.6 Å². The zero-order chi connectivity index (χ0) is 15.1. The van der Waals surface area contributed by atoms with Crippen LogP contribution < -0.4 is 0 Å². The SMILES string of the molecule is Cc1ncc(-c2cc3cnc(Cl)nc3n2C2CCCCC2)s1. The van der Waals surface area contributed by atoms with E-state index in [1.807, 2.05) is 19.3 Å². The second-order valence-electron chi connectivity index (χ2n) is 5.85. The van der Waals surface area contributed by atoms with Crippen LogP contribution in [-0.2, 0) is 0 Å². The first kappa shape index (κ1) is 14.2. The van der Waals surface area contributed by atoms with Gasteiger partial charge in [-0.15, -0.1) is 11.3 Å². The third-order valence-corrected chi connectivity index (χ3v) is 5.48. The molecule has 0 bridgehead atoms. The van der Waals surface area contributed by atoms with E-state index in [0.717, 1.165) is 16.0 Å². The molecule has 0 atom stereocenters. The van der Waals surface area contributed by atoms with E-state index in [1.165, 1.54) is 42.7 Å². The van der Waals surface area contributed by atoms with Gasteiger partial charge in [-0.2, -0.15) is 4.98 Å². The summed E-state index contributed by atoms with van der Waals surface area (Å²) in [6.45, 7) is 2.04. The average molecular weight is 333 g/mol. The van der Waals surface area contributed by atoms with Gasteiger partial charge in [-0.25, -0.2) is 9.97 Å². The van der Waals surface area contributed by atoms with Crippen molar-refractivity contribution in [1.82, 2.24) is 19.5 Å². The van der Waals surface area contributed by atoms with Crippen LogP contribution in [0, 0.1) is 6.92 Å². The summed E-state index contributed by atoms with van der Waals surface area (Å²) in [7, 11) is 0. The molecular formula is C16H17ClN4S. The molecular weight excluding hydrogens is 316 g/mol. The quantitative estimate of drug-likeness (QED) is 0.619. The van der Waals surface area contributed by atoms with E-state index in [9.17, 15) is 0 Å². The Morgan fingerprint density at radius 3 is 2.73 bits per heavy atom. The van der Waals surface area contributed by atoms with Gasteiger partial charge in [-0.3, -0.25) is 0 Å². The van der Waals surface area contributed by atoms with Gasteiger partial charge < -0.3 is 4.57 Å². The standard InChI is InChI=1S/C16H17ClN4S/c1-10-18-9-14(22-10)13-7-11-8-19-16(17)20-15(11)21(13)12-5-3-2-4-6-12/h7-9,12H,2-6H2,1H3. The maximum atomic E-state index is 6.04. The Hall–Kier alpha value is -1.46. The van der Waals surface area contributed by atoms with Crippen molar-refractivity contribution in [2.75, 3.05) is 0 Å². The number of hydrogen-bond acceptors (Lipinski definition) is 4. The number of rotatable bonds is 2. The van der Waals surface area contributed by atoms with Crippen LogP contribution in [0.4, 0.5) is 0 Å². The van der Waals surface area contributed by atoms with Crippen molar-refractivity contribution < 1.29 is 0 Å². The summed E-state index contributed by atoms with van der Waals surface area (Å²) in [6.07, 6.45) is 10.1. The molecule has 0 spiro atoms. The first-order valence-corrected chi connectivity index (χ1v) is 8.88. The number of nitrogens with zero attached hydrogens (tertiary/aromatic N) is 4. The van der Waals surface area contributed by atoms with E-state index in [0.29, 0.717) is 11.3 Å². The average Bonchev–Trinajstić information content (AvgIpc) is 3.11. The molecule has 1 aliphatic carbocycles. The van der Waals surface area contributed by atoms with Gasteiger partial charge in [-0.1, -0.05) is 19.3 Å². The lowest BCUT2D eigenvalue weighted by Gasteiger charge is -2.25. The molecule has 0 aromatic carbocycles. The van der Waals surface area contributed by atoms with Gasteiger partial charge in [0.1, 0.15) is 5.65 Å². The van der Waals surface area contributed by atoms with Crippen molar-refractivity contribution >= 4 is 34.0 Å². The van der Waals surface area contributed by atoms with Crippen molar-refractivity contribution in [2.45, 2.75) is 45.1 Å². The highest BCUT2D eigenvalue weighted by molar-refractivity contribution is 7.15. The monoisotopic (exact) mass is 332 g/mol. The van der Waals surface area contributed by atoms with Crippen molar-refractivity contribution in [3.63, 3.8) is 0 Å².